The topological polar surface area (TPSA) is 147 Å². The minimum absolute atomic E-state index is 0. The molecule has 1 amide bonds. The molecule has 0 spiro atoms. The maximum absolute atomic E-state index is 12.0. The lowest BCUT2D eigenvalue weighted by atomic mass is 10.1. The molecular formula is C20H21ClN4O5S2. The minimum atomic E-state index is -1.20. The largest absolute Gasteiger partial charge is 0.482 e. The number of carbonyl (C=O) groups excluding carboxylic acids is 1. The summed E-state index contributed by atoms with van der Waals surface area (Å²) in [6.45, 7) is 0.554. The van der Waals surface area contributed by atoms with Crippen LogP contribution in [-0.4, -0.2) is 39.3 Å². The van der Waals surface area contributed by atoms with E-state index in [1.807, 2.05) is 30.0 Å². The summed E-state index contributed by atoms with van der Waals surface area (Å²) in [7, 11) is 0. The number of aromatic carboxylic acids is 1. The maximum atomic E-state index is 12.0. The van der Waals surface area contributed by atoms with E-state index in [0.717, 1.165) is 40.4 Å². The highest BCUT2D eigenvalue weighted by Crippen LogP contribution is 2.34. The van der Waals surface area contributed by atoms with Crippen molar-refractivity contribution in [2.24, 2.45) is 5.73 Å². The van der Waals surface area contributed by atoms with Gasteiger partial charge in [-0.25, -0.2) is 9.78 Å². The molecule has 0 fully saturated rings. The van der Waals surface area contributed by atoms with Crippen LogP contribution in [0.25, 0.3) is 10.2 Å². The van der Waals surface area contributed by atoms with Gasteiger partial charge in [0, 0.05) is 17.2 Å². The highest BCUT2D eigenvalue weighted by atomic mass is 35.5. The van der Waals surface area contributed by atoms with Crippen LogP contribution in [0.2, 0.25) is 0 Å². The Morgan fingerprint density at radius 3 is 2.88 bits per heavy atom. The van der Waals surface area contributed by atoms with Crippen molar-refractivity contribution in [1.82, 2.24) is 9.97 Å². The standard InChI is InChI=1S/C11H10N2O3S2.C9H10N2O2.ClH/c14-9-7-5-2-1-3-17-4-6(5)18-10(7)13-8(12-9)11(15)16;10-4-6-1-2-8-7(3-6)11-9(12)5-13-8;/h1-4H2,(H,15,16)(H,12,13,14);1-3H,4-5,10H2,(H,11,12);1H. The molecule has 0 saturated carbocycles. The lowest BCUT2D eigenvalue weighted by Crippen LogP contribution is -2.25. The van der Waals surface area contributed by atoms with E-state index >= 15 is 0 Å². The number of carbonyl (C=O) groups is 2. The van der Waals surface area contributed by atoms with Crippen molar-refractivity contribution in [1.29, 1.82) is 0 Å². The number of anilines is 1. The van der Waals surface area contributed by atoms with Gasteiger partial charge in [-0.2, -0.15) is 11.8 Å². The quantitative estimate of drug-likeness (QED) is 0.423. The van der Waals surface area contributed by atoms with E-state index in [2.05, 4.69) is 15.3 Å². The van der Waals surface area contributed by atoms with Crippen molar-refractivity contribution in [3.63, 3.8) is 0 Å². The van der Waals surface area contributed by atoms with E-state index < -0.39 is 5.97 Å². The van der Waals surface area contributed by atoms with Crippen LogP contribution in [0.4, 0.5) is 5.69 Å². The summed E-state index contributed by atoms with van der Waals surface area (Å²) in [5.41, 5.74) is 7.88. The Hall–Kier alpha value is -2.60. The zero-order chi connectivity index (χ0) is 22.0. The van der Waals surface area contributed by atoms with E-state index in [9.17, 15) is 14.4 Å². The molecule has 32 heavy (non-hydrogen) atoms. The second-order valence-electron chi connectivity index (χ2n) is 6.93. The van der Waals surface area contributed by atoms with E-state index in [1.165, 1.54) is 11.3 Å². The van der Waals surface area contributed by atoms with Gasteiger partial charge in [0.15, 0.2) is 6.61 Å². The number of amides is 1. The van der Waals surface area contributed by atoms with Crippen LogP contribution in [-0.2, 0) is 23.5 Å². The number of nitrogens with one attached hydrogen (secondary N) is 2. The number of hydrogen-bond acceptors (Lipinski definition) is 8. The molecule has 0 radical (unpaired) electrons. The number of benzene rings is 1. The molecule has 0 bridgehead atoms. The Bertz CT molecular complexity index is 1230. The maximum Gasteiger partial charge on any atom is 0.372 e. The third kappa shape index (κ3) is 5.07. The summed E-state index contributed by atoms with van der Waals surface area (Å²) in [4.78, 5) is 41.9. The number of ether oxygens (including phenoxy) is 1. The second kappa shape index (κ2) is 10.3. The number of thioether (sulfide) groups is 1. The molecule has 12 heteroatoms. The number of nitrogens with two attached hydrogens (primary N) is 1. The normalized spacial score (nSPS) is 14.5. The third-order valence-corrected chi connectivity index (χ3v) is 7.19. The summed E-state index contributed by atoms with van der Waals surface area (Å²) < 4.78 is 5.18. The van der Waals surface area contributed by atoms with Crippen LogP contribution >= 0.6 is 35.5 Å². The Morgan fingerprint density at radius 1 is 1.31 bits per heavy atom. The highest BCUT2D eigenvalue weighted by Gasteiger charge is 2.20. The van der Waals surface area contributed by atoms with Crippen molar-refractivity contribution in [3.8, 4) is 5.75 Å². The van der Waals surface area contributed by atoms with Crippen molar-refractivity contribution in [2.75, 3.05) is 17.7 Å². The molecule has 0 saturated heterocycles. The smallest absolute Gasteiger partial charge is 0.372 e. The molecule has 5 rings (SSSR count). The summed E-state index contributed by atoms with van der Waals surface area (Å²) in [5, 5.41) is 12.2. The highest BCUT2D eigenvalue weighted by molar-refractivity contribution is 7.98. The molecule has 0 unspecified atom stereocenters. The number of rotatable bonds is 2. The van der Waals surface area contributed by atoms with Crippen LogP contribution in [0.3, 0.4) is 0 Å². The molecule has 4 heterocycles. The first-order valence-electron chi connectivity index (χ1n) is 9.57. The van der Waals surface area contributed by atoms with Crippen molar-refractivity contribution in [2.45, 2.75) is 25.1 Å². The number of carboxylic acids is 1. The summed E-state index contributed by atoms with van der Waals surface area (Å²) in [5.74, 6) is 1.08. The zero-order valence-corrected chi connectivity index (χ0v) is 19.3. The lowest BCUT2D eigenvalue weighted by Gasteiger charge is -2.18. The van der Waals surface area contributed by atoms with E-state index in [-0.39, 0.29) is 36.3 Å². The number of halogens is 1. The molecule has 0 atom stereocenters. The van der Waals surface area contributed by atoms with Crippen molar-refractivity contribution < 1.29 is 19.4 Å². The minimum Gasteiger partial charge on any atom is -0.482 e. The lowest BCUT2D eigenvalue weighted by molar-refractivity contribution is -0.118. The van der Waals surface area contributed by atoms with Gasteiger partial charge in [0.2, 0.25) is 5.82 Å². The number of H-pyrrole nitrogens is 1. The van der Waals surface area contributed by atoms with E-state index in [1.54, 1.807) is 0 Å². The summed E-state index contributed by atoms with van der Waals surface area (Å²) >= 11 is 3.29. The van der Waals surface area contributed by atoms with Crippen LogP contribution in [0, 0.1) is 0 Å². The van der Waals surface area contributed by atoms with Crippen LogP contribution in [0.5, 0.6) is 5.75 Å². The van der Waals surface area contributed by atoms with Gasteiger partial charge in [0.25, 0.3) is 11.5 Å². The molecule has 5 N–H and O–H groups in total. The number of aromatic nitrogens is 2. The predicted octanol–water partition coefficient (Wildman–Crippen LogP) is 2.76. The molecule has 0 aliphatic carbocycles. The molecule has 170 valence electrons. The first kappa shape index (κ1) is 24.1. The number of hydrogen-bond donors (Lipinski definition) is 4. The van der Waals surface area contributed by atoms with Gasteiger partial charge >= 0.3 is 5.97 Å². The fraction of sp³-hybridized carbons (Fsp3) is 0.300. The van der Waals surface area contributed by atoms with Gasteiger partial charge < -0.3 is 25.9 Å². The second-order valence-corrected chi connectivity index (χ2v) is 9.12. The average molecular weight is 497 g/mol. The fourth-order valence-electron chi connectivity index (χ4n) is 3.37. The molecule has 2 aromatic heterocycles. The number of fused-ring (bicyclic) bond motifs is 4. The van der Waals surface area contributed by atoms with Gasteiger partial charge in [-0.15, -0.1) is 23.7 Å². The molecule has 1 aromatic carbocycles. The summed E-state index contributed by atoms with van der Waals surface area (Å²) in [6.07, 6.45) is 1.92. The third-order valence-electron chi connectivity index (χ3n) is 4.81. The molecular weight excluding hydrogens is 476 g/mol. The van der Waals surface area contributed by atoms with Gasteiger partial charge in [-0.05, 0) is 41.9 Å². The van der Waals surface area contributed by atoms with Crippen LogP contribution < -0.4 is 21.3 Å². The number of nitrogens with zero attached hydrogens (tertiary/aromatic N) is 1. The Balaban J connectivity index is 0.000000184. The molecule has 3 aromatic rings. The van der Waals surface area contributed by atoms with Gasteiger partial charge in [0.05, 0.1) is 11.1 Å². The van der Waals surface area contributed by atoms with Gasteiger partial charge in [-0.1, -0.05) is 6.07 Å². The van der Waals surface area contributed by atoms with E-state index in [0.29, 0.717) is 28.2 Å². The average Bonchev–Trinajstić information content (AvgIpc) is 2.95. The van der Waals surface area contributed by atoms with Gasteiger partial charge in [0.1, 0.15) is 10.6 Å². The first-order chi connectivity index (χ1) is 15.0. The number of carboxylic acid groups (broad SMARTS) is 1. The van der Waals surface area contributed by atoms with E-state index in [4.69, 9.17) is 15.6 Å². The van der Waals surface area contributed by atoms with Gasteiger partial charge in [-0.3, -0.25) is 9.59 Å². The fourth-order valence-corrected chi connectivity index (χ4v) is 5.72. The predicted molar refractivity (Wildman–Crippen MR) is 127 cm³/mol. The van der Waals surface area contributed by atoms with Crippen LogP contribution in [0.1, 0.15) is 33.0 Å². The Morgan fingerprint density at radius 2 is 2.12 bits per heavy atom. The SMILES string of the molecule is Cl.NCc1ccc2c(c1)NC(=O)CO2.O=C(O)c1nc2sc3c(c2c(=O)[nH]1)CCCSC3. The number of aromatic amines is 1. The molecule has 2 aliphatic rings. The Labute approximate surface area is 197 Å². The summed E-state index contributed by atoms with van der Waals surface area (Å²) in [6, 6.07) is 5.53. The van der Waals surface area contributed by atoms with Crippen molar-refractivity contribution >= 4 is 63.3 Å². The number of aryl methyl sites for hydroxylation is 1. The monoisotopic (exact) mass is 496 g/mol. The zero-order valence-electron chi connectivity index (χ0n) is 16.8. The number of thiophene rings is 1. The van der Waals surface area contributed by atoms with Crippen molar-refractivity contribution in [3.05, 3.63) is 50.4 Å². The molecule has 2 aliphatic heterocycles. The Kier molecular flexibility index (Phi) is 7.77. The van der Waals surface area contributed by atoms with Crippen LogP contribution in [0.15, 0.2) is 23.0 Å². The first-order valence-corrected chi connectivity index (χ1v) is 11.5. The molecule has 9 nitrogen and oxygen atoms in total.